The molecule has 0 saturated carbocycles. The van der Waals surface area contributed by atoms with Gasteiger partial charge in [-0.2, -0.15) is 0 Å². The summed E-state index contributed by atoms with van der Waals surface area (Å²) in [5.74, 6) is 0.582. The van der Waals surface area contributed by atoms with Gasteiger partial charge in [0.15, 0.2) is 0 Å². The van der Waals surface area contributed by atoms with Crippen molar-refractivity contribution in [2.24, 2.45) is 0 Å². The second kappa shape index (κ2) is 8.73. The van der Waals surface area contributed by atoms with Gasteiger partial charge in [-0.3, -0.25) is 9.59 Å². The van der Waals surface area contributed by atoms with Crippen molar-refractivity contribution in [1.29, 1.82) is 0 Å². The summed E-state index contributed by atoms with van der Waals surface area (Å²) in [6.45, 7) is 1.96. The molecule has 0 aliphatic heterocycles. The number of hydrogen-bond acceptors (Lipinski definition) is 4. The number of hydrogen-bond donors (Lipinski definition) is 2. The predicted octanol–water partition coefficient (Wildman–Crippen LogP) is 3.31. The third-order valence-corrected chi connectivity index (χ3v) is 5.05. The quantitative estimate of drug-likeness (QED) is 0.497. The van der Waals surface area contributed by atoms with E-state index in [4.69, 9.17) is 0 Å². The molecule has 4 rings (SSSR count). The molecule has 0 unspecified atom stereocenters. The fourth-order valence-corrected chi connectivity index (χ4v) is 3.41. The molecule has 1 atom stereocenters. The molecule has 7 nitrogen and oxygen atoms in total. The summed E-state index contributed by atoms with van der Waals surface area (Å²) in [5, 5.41) is 3.60. The van der Waals surface area contributed by atoms with Crippen LogP contribution in [0.5, 0.6) is 0 Å². The molecule has 7 heteroatoms. The van der Waals surface area contributed by atoms with E-state index >= 15 is 0 Å². The molecule has 0 aliphatic rings. The van der Waals surface area contributed by atoms with Gasteiger partial charge in [-0.1, -0.05) is 24.3 Å². The third kappa shape index (κ3) is 4.46. The topological polar surface area (TPSA) is 92.7 Å². The molecule has 0 saturated heterocycles. The first kappa shape index (κ1) is 19.6. The molecule has 2 aromatic carbocycles. The summed E-state index contributed by atoms with van der Waals surface area (Å²) in [4.78, 5) is 35.8. The van der Waals surface area contributed by atoms with Crippen LogP contribution in [-0.4, -0.2) is 25.4 Å². The second-order valence-corrected chi connectivity index (χ2v) is 7.23. The first-order valence-electron chi connectivity index (χ1n) is 9.96. The van der Waals surface area contributed by atoms with Crippen LogP contribution in [-0.2, 0) is 11.2 Å². The first-order chi connectivity index (χ1) is 14.6. The van der Waals surface area contributed by atoms with E-state index < -0.39 is 0 Å². The van der Waals surface area contributed by atoms with Gasteiger partial charge in [0.05, 0.1) is 23.3 Å². The zero-order valence-corrected chi connectivity index (χ0v) is 16.7. The lowest BCUT2D eigenvalue weighted by molar-refractivity contribution is -0.121. The van der Waals surface area contributed by atoms with Crippen molar-refractivity contribution in [2.75, 3.05) is 0 Å². The molecule has 4 aromatic rings. The van der Waals surface area contributed by atoms with Gasteiger partial charge >= 0.3 is 0 Å². The molecule has 0 radical (unpaired) electrons. The summed E-state index contributed by atoms with van der Waals surface area (Å²) in [7, 11) is 0. The monoisotopic (exact) mass is 401 g/mol. The Labute approximate surface area is 173 Å². The van der Waals surface area contributed by atoms with Crippen molar-refractivity contribution in [2.45, 2.75) is 32.2 Å². The first-order valence-corrected chi connectivity index (χ1v) is 9.96. The Bertz CT molecular complexity index is 1200. The lowest BCUT2D eigenvalue weighted by Crippen LogP contribution is -2.26. The van der Waals surface area contributed by atoms with E-state index in [1.54, 1.807) is 18.6 Å². The second-order valence-electron chi connectivity index (χ2n) is 7.23. The number of fused-ring (bicyclic) bond motifs is 1. The number of rotatable bonds is 7. The van der Waals surface area contributed by atoms with Crippen molar-refractivity contribution >= 4 is 16.8 Å². The van der Waals surface area contributed by atoms with Crippen molar-refractivity contribution < 1.29 is 4.79 Å². The van der Waals surface area contributed by atoms with E-state index in [1.807, 2.05) is 60.2 Å². The average Bonchev–Trinajstić information content (AvgIpc) is 3.29. The zero-order chi connectivity index (χ0) is 20.9. The number of amides is 1. The number of nitrogens with zero attached hydrogens (tertiary/aromatic N) is 3. The summed E-state index contributed by atoms with van der Waals surface area (Å²) in [5.41, 5.74) is 2.58. The highest BCUT2D eigenvalue weighted by molar-refractivity contribution is 5.77. The molecule has 2 aromatic heterocycles. The SMILES string of the molecule is C[C@@H](NC(=O)CCCc1nc2ccccc2c(=O)[nH]1)c1ccc(-n2ccnc2)cc1. The normalized spacial score (nSPS) is 12.0. The predicted molar refractivity (Wildman–Crippen MR) is 115 cm³/mol. The lowest BCUT2D eigenvalue weighted by Gasteiger charge is -2.15. The van der Waals surface area contributed by atoms with Crippen LogP contribution in [0.4, 0.5) is 0 Å². The standard InChI is InChI=1S/C23H23N5O2/c1-16(17-9-11-18(12-10-17)28-14-13-24-15-28)25-22(29)8-4-7-21-26-20-6-3-2-5-19(20)23(30)27-21/h2-3,5-6,9-16H,4,7-8H2,1H3,(H,25,29)(H,26,27,30)/t16-/m1/s1. The summed E-state index contributed by atoms with van der Waals surface area (Å²) in [6.07, 6.45) is 6.89. The van der Waals surface area contributed by atoms with Gasteiger partial charge in [-0.05, 0) is 43.2 Å². The fraction of sp³-hybridized carbons (Fsp3) is 0.217. The molecule has 0 aliphatic carbocycles. The van der Waals surface area contributed by atoms with Gasteiger partial charge in [-0.25, -0.2) is 9.97 Å². The minimum Gasteiger partial charge on any atom is -0.350 e. The van der Waals surface area contributed by atoms with Crippen LogP contribution in [0.2, 0.25) is 0 Å². The highest BCUT2D eigenvalue weighted by Gasteiger charge is 2.10. The average molecular weight is 401 g/mol. The van der Waals surface area contributed by atoms with Crippen LogP contribution in [0.25, 0.3) is 16.6 Å². The van der Waals surface area contributed by atoms with Crippen molar-refractivity contribution in [3.8, 4) is 5.69 Å². The number of aromatic amines is 1. The molecular weight excluding hydrogens is 378 g/mol. The Morgan fingerprint density at radius 2 is 1.97 bits per heavy atom. The number of H-pyrrole nitrogens is 1. The van der Waals surface area contributed by atoms with Crippen molar-refractivity contribution in [1.82, 2.24) is 24.8 Å². The third-order valence-electron chi connectivity index (χ3n) is 5.05. The Hall–Kier alpha value is -3.74. The maximum Gasteiger partial charge on any atom is 0.258 e. The van der Waals surface area contributed by atoms with E-state index in [9.17, 15) is 9.59 Å². The molecule has 0 fully saturated rings. The van der Waals surface area contributed by atoms with E-state index in [0.717, 1.165) is 11.3 Å². The zero-order valence-electron chi connectivity index (χ0n) is 16.7. The van der Waals surface area contributed by atoms with Crippen molar-refractivity contribution in [3.63, 3.8) is 0 Å². The number of para-hydroxylation sites is 1. The largest absolute Gasteiger partial charge is 0.350 e. The minimum absolute atomic E-state index is 0.0238. The number of carbonyl (C=O) groups excluding carboxylic acids is 1. The highest BCUT2D eigenvalue weighted by Crippen LogP contribution is 2.16. The lowest BCUT2D eigenvalue weighted by atomic mass is 10.1. The van der Waals surface area contributed by atoms with Gasteiger partial charge in [0.25, 0.3) is 5.56 Å². The number of nitrogens with one attached hydrogen (secondary N) is 2. The van der Waals surface area contributed by atoms with Crippen LogP contribution in [0, 0.1) is 0 Å². The van der Waals surface area contributed by atoms with Crippen molar-refractivity contribution in [3.05, 3.63) is 89.0 Å². The fourth-order valence-electron chi connectivity index (χ4n) is 3.41. The Balaban J connectivity index is 1.30. The Morgan fingerprint density at radius 1 is 1.17 bits per heavy atom. The van der Waals surface area contributed by atoms with E-state index in [0.29, 0.717) is 36.0 Å². The summed E-state index contributed by atoms with van der Waals surface area (Å²) < 4.78 is 1.93. The van der Waals surface area contributed by atoms with Gasteiger partial charge in [0.1, 0.15) is 5.82 Å². The van der Waals surface area contributed by atoms with Gasteiger partial charge in [0, 0.05) is 30.9 Å². The number of aromatic nitrogens is 4. The number of benzene rings is 2. The van der Waals surface area contributed by atoms with Crippen LogP contribution in [0.3, 0.4) is 0 Å². The highest BCUT2D eigenvalue weighted by atomic mass is 16.1. The van der Waals surface area contributed by atoms with Crippen LogP contribution >= 0.6 is 0 Å². The van der Waals surface area contributed by atoms with Gasteiger partial charge in [0.2, 0.25) is 5.91 Å². The van der Waals surface area contributed by atoms with Crippen LogP contribution < -0.4 is 10.9 Å². The summed E-state index contributed by atoms with van der Waals surface area (Å²) >= 11 is 0. The molecule has 2 heterocycles. The van der Waals surface area contributed by atoms with E-state index in [-0.39, 0.29) is 17.5 Å². The Morgan fingerprint density at radius 3 is 2.73 bits per heavy atom. The van der Waals surface area contributed by atoms with E-state index in [1.165, 1.54) is 0 Å². The van der Waals surface area contributed by atoms with Crippen LogP contribution in [0.1, 0.15) is 37.2 Å². The van der Waals surface area contributed by atoms with Gasteiger partial charge in [-0.15, -0.1) is 0 Å². The number of imidazole rings is 1. The summed E-state index contributed by atoms with van der Waals surface area (Å²) in [6, 6.07) is 15.2. The smallest absolute Gasteiger partial charge is 0.258 e. The van der Waals surface area contributed by atoms with Crippen LogP contribution in [0.15, 0.2) is 72.0 Å². The maximum absolute atomic E-state index is 12.3. The minimum atomic E-state index is -0.146. The Kier molecular flexibility index (Phi) is 5.70. The molecule has 0 spiro atoms. The molecule has 1 amide bonds. The molecule has 30 heavy (non-hydrogen) atoms. The maximum atomic E-state index is 12.3. The number of aryl methyl sites for hydroxylation is 1. The van der Waals surface area contributed by atoms with Gasteiger partial charge < -0.3 is 14.9 Å². The molecule has 2 N–H and O–H groups in total. The number of carbonyl (C=O) groups is 1. The molecular formula is C23H23N5O2. The molecule has 0 bridgehead atoms. The van der Waals surface area contributed by atoms with E-state index in [2.05, 4.69) is 20.3 Å². The molecule has 152 valence electrons.